The zero-order chi connectivity index (χ0) is 24.1. The molecular formula is C27H24N2O4S. The Bertz CT molecular complexity index is 1270. The van der Waals surface area contributed by atoms with Gasteiger partial charge in [-0.25, -0.2) is 0 Å². The van der Waals surface area contributed by atoms with Gasteiger partial charge in [-0.05, 0) is 72.6 Å². The van der Waals surface area contributed by atoms with Gasteiger partial charge in [0.25, 0.3) is 17.1 Å². The monoisotopic (exact) mass is 472 g/mol. The third kappa shape index (κ3) is 5.94. The maximum absolute atomic E-state index is 12.8. The van der Waals surface area contributed by atoms with Crippen molar-refractivity contribution in [1.29, 1.82) is 0 Å². The van der Waals surface area contributed by atoms with Crippen molar-refractivity contribution in [2.24, 2.45) is 0 Å². The fraction of sp³-hybridized carbons (Fsp3) is 0.148. The van der Waals surface area contributed by atoms with E-state index in [1.54, 1.807) is 30.3 Å². The number of rotatable bonds is 7. The molecule has 172 valence electrons. The second kappa shape index (κ2) is 10.4. The Morgan fingerprint density at radius 3 is 2.38 bits per heavy atom. The zero-order valence-electron chi connectivity index (χ0n) is 18.9. The Labute approximate surface area is 202 Å². The number of imide groups is 1. The Balaban J connectivity index is 1.34. The third-order valence-corrected chi connectivity index (χ3v) is 6.05. The standard InChI is InChI=1S/C27H24N2O4S/c1-18-5-3-7-21(13-18)16-29-26(31)24(34-27(29)32)15-20-9-11-23(12-10-20)33-17-25(30)28-22-8-4-6-19(2)14-22/h3-15H,16-17H2,1-2H3,(H,28,30)/b24-15-. The van der Waals surface area contributed by atoms with Gasteiger partial charge >= 0.3 is 0 Å². The number of benzene rings is 3. The molecule has 1 fully saturated rings. The number of nitrogens with one attached hydrogen (secondary N) is 1. The van der Waals surface area contributed by atoms with Crippen molar-refractivity contribution in [3.8, 4) is 5.75 Å². The van der Waals surface area contributed by atoms with Gasteiger partial charge in [0, 0.05) is 5.69 Å². The molecule has 1 heterocycles. The van der Waals surface area contributed by atoms with Crippen molar-refractivity contribution in [3.63, 3.8) is 0 Å². The van der Waals surface area contributed by atoms with E-state index in [-0.39, 0.29) is 30.2 Å². The molecule has 6 nitrogen and oxygen atoms in total. The summed E-state index contributed by atoms with van der Waals surface area (Å²) in [5.41, 5.74) is 4.53. The summed E-state index contributed by atoms with van der Waals surface area (Å²) in [5, 5.41) is 2.52. The van der Waals surface area contributed by atoms with Crippen molar-refractivity contribution < 1.29 is 19.1 Å². The van der Waals surface area contributed by atoms with Gasteiger partial charge in [0.2, 0.25) is 0 Å². The number of carbonyl (C=O) groups excluding carboxylic acids is 3. The SMILES string of the molecule is Cc1cccc(CN2C(=O)S/C(=C\c3ccc(OCC(=O)Nc4cccc(C)c4)cc3)C2=O)c1. The van der Waals surface area contributed by atoms with E-state index in [1.807, 2.05) is 62.4 Å². The summed E-state index contributed by atoms with van der Waals surface area (Å²) in [6.45, 7) is 4.06. The Hall–Kier alpha value is -3.84. The summed E-state index contributed by atoms with van der Waals surface area (Å²) in [6.07, 6.45) is 1.69. The molecule has 1 N–H and O–H groups in total. The smallest absolute Gasteiger partial charge is 0.293 e. The van der Waals surface area contributed by atoms with Crippen LogP contribution in [-0.4, -0.2) is 28.6 Å². The first-order valence-corrected chi connectivity index (χ1v) is 11.6. The number of carbonyl (C=O) groups is 3. The summed E-state index contributed by atoms with van der Waals surface area (Å²) in [5.74, 6) is -0.0225. The van der Waals surface area contributed by atoms with Crippen LogP contribution in [0.3, 0.4) is 0 Å². The van der Waals surface area contributed by atoms with Gasteiger partial charge in [-0.15, -0.1) is 0 Å². The first-order chi connectivity index (χ1) is 16.4. The molecule has 7 heteroatoms. The lowest BCUT2D eigenvalue weighted by Crippen LogP contribution is -2.27. The van der Waals surface area contributed by atoms with Crippen molar-refractivity contribution in [2.45, 2.75) is 20.4 Å². The average molecular weight is 473 g/mol. The van der Waals surface area contributed by atoms with Crippen molar-refractivity contribution in [2.75, 3.05) is 11.9 Å². The summed E-state index contributed by atoms with van der Waals surface area (Å²) in [4.78, 5) is 38.9. The minimum absolute atomic E-state index is 0.120. The lowest BCUT2D eigenvalue weighted by atomic mass is 10.1. The van der Waals surface area contributed by atoms with E-state index < -0.39 is 0 Å². The van der Waals surface area contributed by atoms with E-state index in [0.717, 1.165) is 39.7 Å². The molecule has 0 radical (unpaired) electrons. The van der Waals surface area contributed by atoms with Crippen molar-refractivity contribution in [3.05, 3.63) is 100.0 Å². The number of nitrogens with zero attached hydrogens (tertiary/aromatic N) is 1. The molecular weight excluding hydrogens is 448 g/mol. The molecule has 4 rings (SSSR count). The predicted molar refractivity (Wildman–Crippen MR) is 134 cm³/mol. The maximum atomic E-state index is 12.8. The second-order valence-corrected chi connectivity index (χ2v) is 9.03. The predicted octanol–water partition coefficient (Wildman–Crippen LogP) is 5.56. The van der Waals surface area contributed by atoms with Crippen LogP contribution in [0, 0.1) is 13.8 Å². The molecule has 0 saturated carbocycles. The zero-order valence-corrected chi connectivity index (χ0v) is 19.7. The van der Waals surface area contributed by atoms with E-state index >= 15 is 0 Å². The molecule has 0 aliphatic carbocycles. The Morgan fingerprint density at radius 1 is 0.971 bits per heavy atom. The lowest BCUT2D eigenvalue weighted by Gasteiger charge is -2.12. The van der Waals surface area contributed by atoms with Crippen molar-refractivity contribution >= 4 is 40.6 Å². The minimum atomic E-state index is -0.301. The molecule has 0 atom stereocenters. The van der Waals surface area contributed by atoms with Gasteiger partial charge < -0.3 is 10.1 Å². The van der Waals surface area contributed by atoms with Gasteiger partial charge in [0.15, 0.2) is 6.61 Å². The number of thioether (sulfide) groups is 1. The Kier molecular flexibility index (Phi) is 7.13. The van der Waals surface area contributed by atoms with Crippen LogP contribution in [0.5, 0.6) is 5.75 Å². The molecule has 1 aliphatic heterocycles. The molecule has 3 aromatic rings. The van der Waals surface area contributed by atoms with Gasteiger partial charge in [0.05, 0.1) is 11.4 Å². The highest BCUT2D eigenvalue weighted by Gasteiger charge is 2.34. The third-order valence-electron chi connectivity index (χ3n) is 5.15. The quantitative estimate of drug-likeness (QED) is 0.456. The van der Waals surface area contributed by atoms with E-state index in [2.05, 4.69) is 5.32 Å². The van der Waals surface area contributed by atoms with Crippen LogP contribution < -0.4 is 10.1 Å². The van der Waals surface area contributed by atoms with E-state index in [9.17, 15) is 14.4 Å². The maximum Gasteiger partial charge on any atom is 0.293 e. The van der Waals surface area contributed by atoms with Crippen LogP contribution in [0.4, 0.5) is 10.5 Å². The van der Waals surface area contributed by atoms with Crippen LogP contribution >= 0.6 is 11.8 Å². The first kappa shape index (κ1) is 23.3. The number of amides is 3. The molecule has 0 bridgehead atoms. The molecule has 0 spiro atoms. The van der Waals surface area contributed by atoms with Crippen LogP contribution in [0.15, 0.2) is 77.7 Å². The largest absolute Gasteiger partial charge is 0.484 e. The summed E-state index contributed by atoms with van der Waals surface area (Å²) in [7, 11) is 0. The summed E-state index contributed by atoms with van der Waals surface area (Å²) in [6, 6.07) is 22.3. The lowest BCUT2D eigenvalue weighted by molar-refractivity contribution is -0.123. The van der Waals surface area contributed by atoms with E-state index in [0.29, 0.717) is 10.7 Å². The number of hydrogen-bond donors (Lipinski definition) is 1. The molecule has 34 heavy (non-hydrogen) atoms. The van der Waals surface area contributed by atoms with Gasteiger partial charge in [-0.3, -0.25) is 19.3 Å². The van der Waals surface area contributed by atoms with Crippen LogP contribution in [-0.2, 0) is 16.1 Å². The molecule has 0 aromatic heterocycles. The highest BCUT2D eigenvalue weighted by Crippen LogP contribution is 2.33. The average Bonchev–Trinajstić information content (AvgIpc) is 3.06. The minimum Gasteiger partial charge on any atom is -0.484 e. The molecule has 1 saturated heterocycles. The van der Waals surface area contributed by atoms with Gasteiger partial charge in [-0.1, -0.05) is 54.1 Å². The van der Waals surface area contributed by atoms with Crippen LogP contribution in [0.2, 0.25) is 0 Å². The number of anilines is 1. The highest BCUT2D eigenvalue weighted by atomic mass is 32.2. The molecule has 1 aliphatic rings. The molecule has 3 amide bonds. The van der Waals surface area contributed by atoms with Crippen LogP contribution in [0.1, 0.15) is 22.3 Å². The normalized spacial score (nSPS) is 14.5. The number of hydrogen-bond acceptors (Lipinski definition) is 5. The number of ether oxygens (including phenoxy) is 1. The molecule has 3 aromatic carbocycles. The Morgan fingerprint density at radius 2 is 1.68 bits per heavy atom. The topological polar surface area (TPSA) is 75.7 Å². The van der Waals surface area contributed by atoms with E-state index in [1.165, 1.54) is 4.90 Å². The van der Waals surface area contributed by atoms with Crippen LogP contribution in [0.25, 0.3) is 6.08 Å². The summed E-state index contributed by atoms with van der Waals surface area (Å²) < 4.78 is 5.56. The fourth-order valence-electron chi connectivity index (χ4n) is 3.51. The van der Waals surface area contributed by atoms with Crippen molar-refractivity contribution in [1.82, 2.24) is 4.90 Å². The van der Waals surface area contributed by atoms with Gasteiger partial charge in [-0.2, -0.15) is 0 Å². The van der Waals surface area contributed by atoms with E-state index in [4.69, 9.17) is 4.74 Å². The second-order valence-electron chi connectivity index (χ2n) is 8.03. The first-order valence-electron chi connectivity index (χ1n) is 10.8. The highest BCUT2D eigenvalue weighted by molar-refractivity contribution is 8.18. The fourth-order valence-corrected chi connectivity index (χ4v) is 4.35. The van der Waals surface area contributed by atoms with Gasteiger partial charge in [0.1, 0.15) is 5.75 Å². The number of aryl methyl sites for hydroxylation is 2. The molecule has 0 unspecified atom stereocenters. The summed E-state index contributed by atoms with van der Waals surface area (Å²) >= 11 is 0.935.